The van der Waals surface area contributed by atoms with Gasteiger partial charge in [0.25, 0.3) is 0 Å². The molecule has 1 N–H and O–H groups in total. The van der Waals surface area contributed by atoms with Crippen molar-refractivity contribution >= 4 is 15.7 Å². The van der Waals surface area contributed by atoms with E-state index in [1.807, 2.05) is 0 Å². The molecule has 1 rings (SSSR count). The number of rotatable bonds is 4. The van der Waals surface area contributed by atoms with Crippen LogP contribution < -0.4 is 0 Å². The number of aromatic amines is 1. The Morgan fingerprint density at radius 1 is 1.62 bits per heavy atom. The Kier molecular flexibility index (Phi) is 3.69. The van der Waals surface area contributed by atoms with Crippen LogP contribution in [0.2, 0.25) is 0 Å². The van der Waals surface area contributed by atoms with E-state index in [1.54, 1.807) is 19.4 Å². The van der Waals surface area contributed by atoms with Crippen molar-refractivity contribution in [1.29, 1.82) is 0 Å². The summed E-state index contributed by atoms with van der Waals surface area (Å²) in [6.07, 6.45) is 4.28. The Hall–Kier alpha value is -1.37. The van der Waals surface area contributed by atoms with Gasteiger partial charge >= 0.3 is 0 Å². The molecule has 6 nitrogen and oxygen atoms in total. The minimum atomic E-state index is -3.35. The lowest BCUT2D eigenvalue weighted by Crippen LogP contribution is -2.38. The van der Waals surface area contributed by atoms with Crippen molar-refractivity contribution in [1.82, 2.24) is 14.9 Å². The number of aromatic nitrogens is 2. The van der Waals surface area contributed by atoms with Gasteiger partial charge in [-0.05, 0) is 6.92 Å². The van der Waals surface area contributed by atoms with E-state index >= 15 is 0 Å². The molecule has 0 fully saturated rings. The van der Waals surface area contributed by atoms with Gasteiger partial charge in [0.2, 0.25) is 5.91 Å². The van der Waals surface area contributed by atoms with Crippen molar-refractivity contribution in [2.75, 3.05) is 13.3 Å². The Bertz CT molecular complexity index is 452. The molecular formula is C9H15N3O3S. The maximum atomic E-state index is 11.7. The third-order valence-corrected chi connectivity index (χ3v) is 3.79. The molecule has 0 aliphatic heterocycles. The molecule has 1 atom stereocenters. The fourth-order valence-corrected chi connectivity index (χ4v) is 1.73. The van der Waals surface area contributed by atoms with Gasteiger partial charge in [0.05, 0.1) is 6.54 Å². The molecule has 1 amide bonds. The summed E-state index contributed by atoms with van der Waals surface area (Å²) in [5.74, 6) is 0.190. The van der Waals surface area contributed by atoms with Gasteiger partial charge in [-0.2, -0.15) is 0 Å². The van der Waals surface area contributed by atoms with Crippen molar-refractivity contribution in [3.05, 3.63) is 18.2 Å². The second-order valence-electron chi connectivity index (χ2n) is 3.70. The van der Waals surface area contributed by atoms with Gasteiger partial charge in [0, 0.05) is 25.7 Å². The molecule has 0 bridgehead atoms. The number of H-pyrrole nitrogens is 1. The number of imidazole rings is 1. The predicted molar refractivity (Wildman–Crippen MR) is 59.4 cm³/mol. The summed E-state index contributed by atoms with van der Waals surface area (Å²) in [6, 6.07) is 0. The average molecular weight is 245 g/mol. The van der Waals surface area contributed by atoms with Crippen LogP contribution in [0.5, 0.6) is 0 Å². The summed E-state index contributed by atoms with van der Waals surface area (Å²) < 4.78 is 22.4. The van der Waals surface area contributed by atoms with E-state index in [9.17, 15) is 13.2 Å². The van der Waals surface area contributed by atoms with Gasteiger partial charge < -0.3 is 9.88 Å². The van der Waals surface area contributed by atoms with E-state index in [2.05, 4.69) is 9.97 Å². The second kappa shape index (κ2) is 4.65. The first-order valence-electron chi connectivity index (χ1n) is 4.74. The van der Waals surface area contributed by atoms with E-state index in [0.717, 1.165) is 6.26 Å². The molecule has 1 heterocycles. The molecule has 0 saturated heterocycles. The van der Waals surface area contributed by atoms with Crippen molar-refractivity contribution < 1.29 is 13.2 Å². The smallest absolute Gasteiger partial charge is 0.240 e. The Morgan fingerprint density at radius 2 is 2.25 bits per heavy atom. The zero-order valence-corrected chi connectivity index (χ0v) is 10.3. The highest BCUT2D eigenvalue weighted by Gasteiger charge is 2.26. The van der Waals surface area contributed by atoms with Crippen molar-refractivity contribution in [2.24, 2.45) is 0 Å². The Morgan fingerprint density at radius 3 is 2.69 bits per heavy atom. The lowest BCUT2D eigenvalue weighted by Gasteiger charge is -2.19. The monoisotopic (exact) mass is 245 g/mol. The SMILES string of the molecule is CC(C(=O)N(C)Cc1ncc[nH]1)S(C)(=O)=O. The van der Waals surface area contributed by atoms with Crippen LogP contribution in [0, 0.1) is 0 Å². The highest BCUT2D eigenvalue weighted by Crippen LogP contribution is 2.05. The first kappa shape index (κ1) is 12.7. The van der Waals surface area contributed by atoms with Crippen molar-refractivity contribution in [3.8, 4) is 0 Å². The highest BCUT2D eigenvalue weighted by atomic mass is 32.2. The van der Waals surface area contributed by atoms with Crippen LogP contribution in [0.3, 0.4) is 0 Å². The van der Waals surface area contributed by atoms with Crippen LogP contribution >= 0.6 is 0 Å². The number of hydrogen-bond acceptors (Lipinski definition) is 4. The molecule has 0 aliphatic carbocycles. The molecule has 0 aromatic carbocycles. The zero-order valence-electron chi connectivity index (χ0n) is 9.47. The molecule has 7 heteroatoms. The number of nitrogens with one attached hydrogen (secondary N) is 1. The quantitative estimate of drug-likeness (QED) is 0.796. The van der Waals surface area contributed by atoms with Crippen LogP contribution in [0.1, 0.15) is 12.7 Å². The Labute approximate surface area is 94.6 Å². The largest absolute Gasteiger partial charge is 0.347 e. The molecule has 0 saturated carbocycles. The minimum Gasteiger partial charge on any atom is -0.347 e. The van der Waals surface area contributed by atoms with E-state index in [1.165, 1.54) is 11.8 Å². The standard InChI is InChI=1S/C9H15N3O3S/c1-7(16(3,14)15)9(13)12(2)6-8-10-4-5-11-8/h4-5,7H,6H2,1-3H3,(H,10,11). The van der Waals surface area contributed by atoms with Crippen LogP contribution in [-0.2, 0) is 21.2 Å². The Balaban J connectivity index is 2.68. The molecule has 16 heavy (non-hydrogen) atoms. The van der Waals surface area contributed by atoms with Gasteiger partial charge in [-0.3, -0.25) is 4.79 Å². The average Bonchev–Trinajstić information content (AvgIpc) is 2.66. The van der Waals surface area contributed by atoms with Crippen LogP contribution in [0.4, 0.5) is 0 Å². The summed E-state index contributed by atoms with van der Waals surface area (Å²) >= 11 is 0. The van der Waals surface area contributed by atoms with Crippen LogP contribution in [-0.4, -0.2) is 47.7 Å². The van der Waals surface area contributed by atoms with E-state index in [4.69, 9.17) is 0 Å². The maximum Gasteiger partial charge on any atom is 0.240 e. The molecule has 1 aromatic heterocycles. The minimum absolute atomic E-state index is 0.270. The second-order valence-corrected chi connectivity index (χ2v) is 6.07. The number of sulfone groups is 1. The van der Waals surface area contributed by atoms with E-state index in [0.29, 0.717) is 5.82 Å². The fourth-order valence-electron chi connectivity index (χ4n) is 1.18. The third kappa shape index (κ3) is 3.06. The maximum absolute atomic E-state index is 11.7. The third-order valence-electron chi connectivity index (χ3n) is 2.31. The van der Waals surface area contributed by atoms with Gasteiger partial charge in [-0.1, -0.05) is 0 Å². The van der Waals surface area contributed by atoms with E-state index < -0.39 is 21.0 Å². The normalized spacial score (nSPS) is 13.4. The van der Waals surface area contributed by atoms with Crippen molar-refractivity contribution in [2.45, 2.75) is 18.7 Å². The molecule has 1 unspecified atom stereocenters. The van der Waals surface area contributed by atoms with Gasteiger partial charge in [-0.25, -0.2) is 13.4 Å². The van der Waals surface area contributed by atoms with Crippen LogP contribution in [0.25, 0.3) is 0 Å². The molecule has 1 aromatic rings. The van der Waals surface area contributed by atoms with Gasteiger partial charge in [0.1, 0.15) is 11.1 Å². The number of amides is 1. The summed E-state index contributed by atoms with van der Waals surface area (Å²) in [4.78, 5) is 19.9. The number of nitrogens with zero attached hydrogens (tertiary/aromatic N) is 2. The van der Waals surface area contributed by atoms with Crippen LogP contribution in [0.15, 0.2) is 12.4 Å². The molecule has 90 valence electrons. The predicted octanol–water partition coefficient (Wildman–Crippen LogP) is -0.199. The summed E-state index contributed by atoms with van der Waals surface area (Å²) in [7, 11) is -1.80. The molecule has 0 spiro atoms. The zero-order chi connectivity index (χ0) is 12.3. The molecule has 0 radical (unpaired) electrons. The van der Waals surface area contributed by atoms with Gasteiger partial charge in [-0.15, -0.1) is 0 Å². The highest BCUT2D eigenvalue weighted by molar-refractivity contribution is 7.92. The van der Waals surface area contributed by atoms with E-state index in [-0.39, 0.29) is 6.54 Å². The molecular weight excluding hydrogens is 230 g/mol. The number of carbonyl (C=O) groups is 1. The van der Waals surface area contributed by atoms with Crippen molar-refractivity contribution in [3.63, 3.8) is 0 Å². The number of carbonyl (C=O) groups excluding carboxylic acids is 1. The number of hydrogen-bond donors (Lipinski definition) is 1. The lowest BCUT2D eigenvalue weighted by atomic mass is 10.4. The first-order chi connectivity index (χ1) is 7.32. The summed E-state index contributed by atoms with van der Waals surface area (Å²) in [5.41, 5.74) is 0. The topological polar surface area (TPSA) is 83.1 Å². The first-order valence-corrected chi connectivity index (χ1v) is 6.70. The summed E-state index contributed by atoms with van der Waals surface area (Å²) in [6.45, 7) is 1.65. The fraction of sp³-hybridized carbons (Fsp3) is 0.556. The van der Waals surface area contributed by atoms with Gasteiger partial charge in [0.15, 0.2) is 9.84 Å². The summed E-state index contributed by atoms with van der Waals surface area (Å²) in [5, 5.41) is -1.02. The lowest BCUT2D eigenvalue weighted by molar-refractivity contribution is -0.129. The molecule has 0 aliphatic rings.